The highest BCUT2D eigenvalue weighted by molar-refractivity contribution is 7.90. The molecule has 5 nitrogen and oxygen atoms in total. The van der Waals surface area contributed by atoms with Crippen molar-refractivity contribution in [3.05, 3.63) is 29.8 Å². The van der Waals surface area contributed by atoms with Crippen molar-refractivity contribution in [1.82, 2.24) is 4.72 Å². The van der Waals surface area contributed by atoms with Gasteiger partial charge in [0.05, 0.1) is 17.1 Å². The van der Waals surface area contributed by atoms with Crippen LogP contribution in [0.2, 0.25) is 0 Å². The number of amides is 1. The third-order valence-corrected chi connectivity index (χ3v) is 4.74. The zero-order chi connectivity index (χ0) is 17.3. The molecule has 0 spiro atoms. The molecule has 1 unspecified atom stereocenters. The lowest BCUT2D eigenvalue weighted by atomic mass is 10.2. The van der Waals surface area contributed by atoms with E-state index in [2.05, 4.69) is 0 Å². The van der Waals surface area contributed by atoms with Gasteiger partial charge in [0.25, 0.3) is 15.9 Å². The van der Waals surface area contributed by atoms with Gasteiger partial charge in [-0.05, 0) is 49.9 Å². The standard InChI is InChI=1S/C14H16F3NO4S/c1-9(22-8-10-2-3-10)13(19)18-23(20,21)12-6-4-11(5-7-12)14(15,16)17/h4-7,9-10H,2-3,8H2,1H3,(H,18,19). The number of nitrogens with one attached hydrogen (secondary N) is 1. The summed E-state index contributed by atoms with van der Waals surface area (Å²) in [6.45, 7) is 1.80. The first-order valence-electron chi connectivity index (χ1n) is 6.95. The van der Waals surface area contributed by atoms with Crippen molar-refractivity contribution in [1.29, 1.82) is 0 Å². The molecule has 1 fully saturated rings. The average molecular weight is 351 g/mol. The van der Waals surface area contributed by atoms with Crippen LogP contribution in [0.4, 0.5) is 13.2 Å². The molecule has 0 heterocycles. The summed E-state index contributed by atoms with van der Waals surface area (Å²) in [6, 6.07) is 2.89. The number of hydrogen-bond donors (Lipinski definition) is 1. The molecular weight excluding hydrogens is 335 g/mol. The molecule has 0 radical (unpaired) electrons. The molecule has 0 aliphatic heterocycles. The van der Waals surface area contributed by atoms with Gasteiger partial charge in [-0.25, -0.2) is 13.1 Å². The van der Waals surface area contributed by atoms with Crippen molar-refractivity contribution in [2.45, 2.75) is 36.9 Å². The number of carbonyl (C=O) groups is 1. The van der Waals surface area contributed by atoms with Crippen LogP contribution in [0.1, 0.15) is 25.3 Å². The summed E-state index contributed by atoms with van der Waals surface area (Å²) in [5.41, 5.74) is -0.969. The second-order valence-corrected chi connectivity index (χ2v) is 7.09. The fourth-order valence-corrected chi connectivity index (χ4v) is 2.78. The van der Waals surface area contributed by atoms with Gasteiger partial charge in [-0.15, -0.1) is 0 Å². The number of ether oxygens (including phenoxy) is 1. The molecule has 0 aromatic heterocycles. The molecular formula is C14H16F3NO4S. The van der Waals surface area contributed by atoms with Crippen LogP contribution < -0.4 is 4.72 Å². The number of sulfonamides is 1. The van der Waals surface area contributed by atoms with E-state index in [4.69, 9.17) is 4.74 Å². The maximum atomic E-state index is 12.5. The van der Waals surface area contributed by atoms with E-state index in [1.54, 1.807) is 4.72 Å². The Morgan fingerprint density at radius 1 is 1.30 bits per heavy atom. The number of rotatable bonds is 6. The molecule has 1 aromatic rings. The highest BCUT2D eigenvalue weighted by atomic mass is 32.2. The van der Waals surface area contributed by atoms with E-state index >= 15 is 0 Å². The summed E-state index contributed by atoms with van der Waals surface area (Å²) < 4.78 is 68.4. The van der Waals surface area contributed by atoms with E-state index in [0.29, 0.717) is 24.7 Å². The number of hydrogen-bond acceptors (Lipinski definition) is 4. The fourth-order valence-electron chi connectivity index (χ4n) is 1.74. The van der Waals surface area contributed by atoms with Crippen LogP contribution in [0.5, 0.6) is 0 Å². The van der Waals surface area contributed by atoms with Gasteiger partial charge in [-0.1, -0.05) is 0 Å². The van der Waals surface area contributed by atoms with Gasteiger partial charge in [-0.2, -0.15) is 13.2 Å². The Morgan fingerprint density at radius 3 is 2.35 bits per heavy atom. The second-order valence-electron chi connectivity index (χ2n) is 5.41. The monoisotopic (exact) mass is 351 g/mol. The van der Waals surface area contributed by atoms with Gasteiger partial charge >= 0.3 is 6.18 Å². The van der Waals surface area contributed by atoms with Crippen molar-refractivity contribution < 1.29 is 31.1 Å². The fraction of sp³-hybridized carbons (Fsp3) is 0.500. The van der Waals surface area contributed by atoms with Gasteiger partial charge in [-0.3, -0.25) is 4.79 Å². The molecule has 1 amide bonds. The summed E-state index contributed by atoms with van der Waals surface area (Å²) >= 11 is 0. The zero-order valence-corrected chi connectivity index (χ0v) is 13.1. The van der Waals surface area contributed by atoms with Crippen LogP contribution in [-0.4, -0.2) is 27.0 Å². The predicted molar refractivity (Wildman–Crippen MR) is 74.9 cm³/mol. The zero-order valence-electron chi connectivity index (χ0n) is 12.3. The Morgan fingerprint density at radius 2 is 1.87 bits per heavy atom. The van der Waals surface area contributed by atoms with Gasteiger partial charge in [0.2, 0.25) is 0 Å². The maximum absolute atomic E-state index is 12.5. The molecule has 128 valence electrons. The summed E-state index contributed by atoms with van der Waals surface area (Å²) in [5, 5.41) is 0. The van der Waals surface area contributed by atoms with Crippen molar-refractivity contribution in [2.75, 3.05) is 6.61 Å². The van der Waals surface area contributed by atoms with Gasteiger partial charge < -0.3 is 4.74 Å². The highest BCUT2D eigenvalue weighted by Gasteiger charge is 2.31. The predicted octanol–water partition coefficient (Wildman–Crippen LogP) is 2.33. The molecule has 1 saturated carbocycles. The molecule has 1 aliphatic rings. The molecule has 1 aliphatic carbocycles. The van der Waals surface area contributed by atoms with E-state index in [1.807, 2.05) is 0 Å². The molecule has 1 atom stereocenters. The van der Waals surface area contributed by atoms with E-state index in [1.165, 1.54) is 6.92 Å². The number of halogens is 3. The van der Waals surface area contributed by atoms with Gasteiger partial charge in [0, 0.05) is 0 Å². The van der Waals surface area contributed by atoms with Gasteiger partial charge in [0.15, 0.2) is 0 Å². The topological polar surface area (TPSA) is 72.5 Å². The second kappa shape index (κ2) is 6.48. The largest absolute Gasteiger partial charge is 0.416 e. The van der Waals surface area contributed by atoms with Gasteiger partial charge in [0.1, 0.15) is 6.10 Å². The quantitative estimate of drug-likeness (QED) is 0.854. The first kappa shape index (κ1) is 17.7. The van der Waals surface area contributed by atoms with Crippen molar-refractivity contribution in [3.8, 4) is 0 Å². The van der Waals surface area contributed by atoms with E-state index in [-0.39, 0.29) is 0 Å². The Labute approximate surface area is 131 Å². The van der Waals surface area contributed by atoms with Crippen LogP contribution in [0.15, 0.2) is 29.2 Å². The van der Waals surface area contributed by atoms with E-state index in [9.17, 15) is 26.4 Å². The third kappa shape index (κ3) is 4.93. The van der Waals surface area contributed by atoms with E-state index in [0.717, 1.165) is 25.0 Å². The first-order valence-corrected chi connectivity index (χ1v) is 8.43. The minimum Gasteiger partial charge on any atom is -0.368 e. The van der Waals surface area contributed by atoms with Crippen molar-refractivity contribution in [3.63, 3.8) is 0 Å². The number of carbonyl (C=O) groups excluding carboxylic acids is 1. The summed E-state index contributed by atoms with van der Waals surface area (Å²) in [5.74, 6) is -0.442. The molecule has 0 bridgehead atoms. The summed E-state index contributed by atoms with van der Waals surface area (Å²) in [4.78, 5) is 11.4. The SMILES string of the molecule is CC(OCC1CC1)C(=O)NS(=O)(=O)c1ccc(C(F)(F)F)cc1. The van der Waals surface area contributed by atoms with E-state index < -0.39 is 38.7 Å². The summed E-state index contributed by atoms with van der Waals surface area (Å²) in [6.07, 6.45) is -3.47. The lowest BCUT2D eigenvalue weighted by Gasteiger charge is -2.14. The Bertz CT molecular complexity index is 666. The Kier molecular flexibility index (Phi) is 5.00. The van der Waals surface area contributed by atoms with Crippen LogP contribution in [0, 0.1) is 5.92 Å². The lowest BCUT2D eigenvalue weighted by molar-refractivity contribution is -0.137. The van der Waals surface area contributed by atoms with Crippen LogP contribution in [-0.2, 0) is 25.7 Å². The lowest BCUT2D eigenvalue weighted by Crippen LogP contribution is -2.38. The first-order chi connectivity index (χ1) is 10.6. The smallest absolute Gasteiger partial charge is 0.368 e. The molecule has 23 heavy (non-hydrogen) atoms. The average Bonchev–Trinajstić information content (AvgIpc) is 3.27. The highest BCUT2D eigenvalue weighted by Crippen LogP contribution is 2.30. The summed E-state index contributed by atoms with van der Waals surface area (Å²) in [7, 11) is -4.24. The maximum Gasteiger partial charge on any atom is 0.416 e. The Hall–Kier alpha value is -1.61. The minimum atomic E-state index is -4.56. The molecule has 0 saturated heterocycles. The third-order valence-electron chi connectivity index (χ3n) is 3.37. The number of alkyl halides is 3. The minimum absolute atomic E-state index is 0.384. The molecule has 1 aromatic carbocycles. The van der Waals surface area contributed by atoms with Crippen molar-refractivity contribution in [2.24, 2.45) is 5.92 Å². The normalized spacial score (nSPS) is 16.9. The van der Waals surface area contributed by atoms with Crippen molar-refractivity contribution >= 4 is 15.9 Å². The van der Waals surface area contributed by atoms with Crippen LogP contribution >= 0.6 is 0 Å². The Balaban J connectivity index is 2.01. The molecule has 9 heteroatoms. The molecule has 1 N–H and O–H groups in total. The molecule has 2 rings (SSSR count). The van der Waals surface area contributed by atoms with Crippen LogP contribution in [0.25, 0.3) is 0 Å². The number of benzene rings is 1. The van der Waals surface area contributed by atoms with Crippen LogP contribution in [0.3, 0.4) is 0 Å².